The molecule has 2 amide bonds. The second-order valence-electron chi connectivity index (χ2n) is 7.79. The molecule has 3 aromatic rings. The van der Waals surface area contributed by atoms with Crippen LogP contribution in [0.15, 0.2) is 78.9 Å². The van der Waals surface area contributed by atoms with Crippen LogP contribution in [0.3, 0.4) is 0 Å². The second kappa shape index (κ2) is 11.8. The number of rotatable bonds is 10. The first-order chi connectivity index (χ1) is 15.9. The topological polar surface area (TPSA) is 98.7 Å². The fraction of sp³-hybridized carbons (Fsp3) is 0.231. The third-order valence-corrected chi connectivity index (χ3v) is 5.41. The third kappa shape index (κ3) is 7.43. The van der Waals surface area contributed by atoms with Crippen LogP contribution in [-0.4, -0.2) is 34.9 Å². The average molecular weight is 451 g/mol. The molecule has 4 N–H and O–H groups in total. The normalized spacial score (nSPS) is 12.5. The number of urea groups is 1. The molecule has 7 heteroatoms. The molecule has 0 aliphatic carbocycles. The Morgan fingerprint density at radius 3 is 2.12 bits per heavy atom. The number of aliphatic carboxylic acids is 1. The van der Waals surface area contributed by atoms with E-state index < -0.39 is 29.8 Å². The molecule has 0 aromatic heterocycles. The fourth-order valence-corrected chi connectivity index (χ4v) is 3.54. The highest BCUT2D eigenvalue weighted by atomic mass is 19.1. The molecule has 3 aromatic carbocycles. The van der Waals surface area contributed by atoms with Crippen LogP contribution < -0.4 is 10.6 Å². The molecule has 0 fully saturated rings. The Hall–Kier alpha value is -3.71. The summed E-state index contributed by atoms with van der Waals surface area (Å²) in [6.07, 6.45) is -0.124. The van der Waals surface area contributed by atoms with Crippen LogP contribution in [-0.2, 0) is 11.2 Å². The first-order valence-corrected chi connectivity index (χ1v) is 10.8. The van der Waals surface area contributed by atoms with Crippen molar-refractivity contribution in [3.63, 3.8) is 0 Å². The number of aliphatic hydroxyl groups is 1. The molecule has 0 aliphatic rings. The van der Waals surface area contributed by atoms with Crippen LogP contribution in [0.25, 0.3) is 11.1 Å². The number of amides is 2. The van der Waals surface area contributed by atoms with Gasteiger partial charge in [0.05, 0.1) is 12.0 Å². The number of hydrogen-bond donors (Lipinski definition) is 4. The molecule has 0 heterocycles. The molecule has 2 atom stereocenters. The summed E-state index contributed by atoms with van der Waals surface area (Å²) in [5.74, 6) is -2.52. The van der Waals surface area contributed by atoms with Gasteiger partial charge in [-0.2, -0.15) is 0 Å². The van der Waals surface area contributed by atoms with Crippen LogP contribution in [0.5, 0.6) is 0 Å². The van der Waals surface area contributed by atoms with Gasteiger partial charge in [0.15, 0.2) is 0 Å². The predicted octanol–water partition coefficient (Wildman–Crippen LogP) is 4.70. The van der Waals surface area contributed by atoms with Crippen molar-refractivity contribution in [2.75, 3.05) is 11.9 Å². The first-order valence-electron chi connectivity index (χ1n) is 10.8. The summed E-state index contributed by atoms with van der Waals surface area (Å²) in [5.41, 5.74) is 3.64. The van der Waals surface area contributed by atoms with E-state index in [4.69, 9.17) is 0 Å². The van der Waals surface area contributed by atoms with Crippen molar-refractivity contribution in [2.45, 2.75) is 25.4 Å². The number of aryl methyl sites for hydroxylation is 1. The second-order valence-corrected chi connectivity index (χ2v) is 7.79. The molecule has 2 unspecified atom stereocenters. The molecule has 0 saturated heterocycles. The maximum absolute atomic E-state index is 12.9. The van der Waals surface area contributed by atoms with E-state index in [1.165, 1.54) is 24.3 Å². The van der Waals surface area contributed by atoms with E-state index in [0.29, 0.717) is 18.5 Å². The number of carbonyl (C=O) groups is 2. The Bertz CT molecular complexity index is 1040. The monoisotopic (exact) mass is 450 g/mol. The van der Waals surface area contributed by atoms with Crippen molar-refractivity contribution < 1.29 is 24.2 Å². The Morgan fingerprint density at radius 1 is 0.848 bits per heavy atom. The van der Waals surface area contributed by atoms with Crippen LogP contribution in [0, 0.1) is 11.7 Å². The lowest BCUT2D eigenvalue weighted by atomic mass is 9.93. The van der Waals surface area contributed by atoms with Crippen LogP contribution in [0.1, 0.15) is 18.4 Å². The van der Waals surface area contributed by atoms with Crippen molar-refractivity contribution in [1.29, 1.82) is 0 Å². The van der Waals surface area contributed by atoms with Crippen molar-refractivity contribution in [1.82, 2.24) is 5.32 Å². The molecule has 172 valence electrons. The Labute approximate surface area is 192 Å². The number of benzene rings is 3. The largest absolute Gasteiger partial charge is 0.481 e. The maximum atomic E-state index is 12.9. The highest BCUT2D eigenvalue weighted by Gasteiger charge is 2.26. The van der Waals surface area contributed by atoms with Crippen LogP contribution >= 0.6 is 0 Å². The summed E-state index contributed by atoms with van der Waals surface area (Å²) in [4.78, 5) is 23.6. The molecule has 0 spiro atoms. The summed E-state index contributed by atoms with van der Waals surface area (Å²) < 4.78 is 12.9. The summed E-state index contributed by atoms with van der Waals surface area (Å²) in [7, 11) is 0. The highest BCUT2D eigenvalue weighted by Crippen LogP contribution is 2.21. The number of carboxylic acids is 1. The molecule has 0 bridgehead atoms. The zero-order chi connectivity index (χ0) is 23.6. The zero-order valence-electron chi connectivity index (χ0n) is 18.1. The van der Waals surface area contributed by atoms with E-state index in [1.807, 2.05) is 54.6 Å². The quantitative estimate of drug-likeness (QED) is 0.360. The molecular formula is C26H27FN2O4. The summed E-state index contributed by atoms with van der Waals surface area (Å²) >= 11 is 0. The van der Waals surface area contributed by atoms with Gasteiger partial charge in [-0.25, -0.2) is 9.18 Å². The van der Waals surface area contributed by atoms with Gasteiger partial charge < -0.3 is 20.8 Å². The van der Waals surface area contributed by atoms with E-state index in [0.717, 1.165) is 16.7 Å². The Kier molecular flexibility index (Phi) is 8.55. The highest BCUT2D eigenvalue weighted by molar-refractivity contribution is 5.89. The fourth-order valence-electron chi connectivity index (χ4n) is 3.54. The summed E-state index contributed by atoms with van der Waals surface area (Å²) in [6, 6.07) is 22.7. The number of carboxylic acid groups (broad SMARTS) is 1. The molecular weight excluding hydrogens is 423 g/mol. The molecule has 0 aliphatic heterocycles. The van der Waals surface area contributed by atoms with Crippen molar-refractivity contribution in [3.8, 4) is 11.1 Å². The minimum atomic E-state index is -1.11. The number of hydrogen-bond acceptors (Lipinski definition) is 3. The molecule has 33 heavy (non-hydrogen) atoms. The van der Waals surface area contributed by atoms with Gasteiger partial charge in [-0.05, 0) is 60.2 Å². The summed E-state index contributed by atoms with van der Waals surface area (Å²) in [6.45, 7) is 0.0762. The van der Waals surface area contributed by atoms with Gasteiger partial charge in [-0.15, -0.1) is 0 Å². The Balaban J connectivity index is 1.45. The van der Waals surface area contributed by atoms with Gasteiger partial charge in [-0.3, -0.25) is 4.79 Å². The minimum Gasteiger partial charge on any atom is -0.481 e. The predicted molar refractivity (Wildman–Crippen MR) is 125 cm³/mol. The lowest BCUT2D eigenvalue weighted by molar-refractivity contribution is -0.146. The van der Waals surface area contributed by atoms with Crippen molar-refractivity contribution >= 4 is 17.7 Å². The van der Waals surface area contributed by atoms with Crippen LogP contribution in [0.4, 0.5) is 14.9 Å². The number of halogens is 1. The third-order valence-electron chi connectivity index (χ3n) is 5.41. The van der Waals surface area contributed by atoms with Gasteiger partial charge in [-0.1, -0.05) is 54.6 Å². The molecule has 0 radical (unpaired) electrons. The zero-order valence-corrected chi connectivity index (χ0v) is 18.1. The van der Waals surface area contributed by atoms with E-state index in [9.17, 15) is 24.2 Å². The van der Waals surface area contributed by atoms with E-state index in [2.05, 4.69) is 10.6 Å². The van der Waals surface area contributed by atoms with E-state index in [-0.39, 0.29) is 13.0 Å². The summed E-state index contributed by atoms with van der Waals surface area (Å²) in [5, 5.41) is 25.1. The SMILES string of the molecule is O=C(NCCC(C(=O)O)C(O)CCc1ccc(-c2ccccc2)cc1)Nc1ccc(F)cc1. The van der Waals surface area contributed by atoms with Gasteiger partial charge in [0.2, 0.25) is 0 Å². The number of nitrogens with one attached hydrogen (secondary N) is 2. The maximum Gasteiger partial charge on any atom is 0.319 e. The Morgan fingerprint density at radius 2 is 1.48 bits per heavy atom. The standard InChI is InChI=1S/C26H27FN2O4/c27-21-11-13-22(14-12-21)29-26(33)28-17-16-23(25(31)32)24(30)15-8-18-6-9-20(10-7-18)19-4-2-1-3-5-19/h1-7,9-14,23-24,30H,8,15-17H2,(H,31,32)(H2,28,29,33). The van der Waals surface area contributed by atoms with Crippen LogP contribution in [0.2, 0.25) is 0 Å². The number of aliphatic hydroxyl groups excluding tert-OH is 1. The molecule has 3 rings (SSSR count). The lowest BCUT2D eigenvalue weighted by Crippen LogP contribution is -2.35. The molecule has 6 nitrogen and oxygen atoms in total. The minimum absolute atomic E-state index is 0.0762. The smallest absolute Gasteiger partial charge is 0.319 e. The van der Waals surface area contributed by atoms with Gasteiger partial charge in [0, 0.05) is 12.2 Å². The average Bonchev–Trinajstić information content (AvgIpc) is 2.82. The first kappa shape index (κ1) is 23.9. The number of anilines is 1. The van der Waals surface area contributed by atoms with Gasteiger partial charge in [0.1, 0.15) is 5.82 Å². The number of carbonyl (C=O) groups excluding carboxylic acids is 1. The van der Waals surface area contributed by atoms with Crippen molar-refractivity contribution in [3.05, 3.63) is 90.2 Å². The van der Waals surface area contributed by atoms with E-state index >= 15 is 0 Å². The lowest BCUT2D eigenvalue weighted by Gasteiger charge is -2.19. The van der Waals surface area contributed by atoms with Gasteiger partial charge in [0.25, 0.3) is 0 Å². The molecule has 0 saturated carbocycles. The van der Waals surface area contributed by atoms with E-state index in [1.54, 1.807) is 0 Å². The van der Waals surface area contributed by atoms with Gasteiger partial charge >= 0.3 is 12.0 Å². The van der Waals surface area contributed by atoms with Crippen molar-refractivity contribution in [2.24, 2.45) is 5.92 Å².